The molecule has 1 saturated heterocycles. The molecule has 2 aromatic rings. The maximum Gasteiger partial charge on any atom is 0.196 e. The van der Waals surface area contributed by atoms with E-state index in [4.69, 9.17) is 0 Å². The highest BCUT2D eigenvalue weighted by Gasteiger charge is 2.28. The normalized spacial score (nSPS) is 19.4. The summed E-state index contributed by atoms with van der Waals surface area (Å²) in [5.41, 5.74) is 6.28. The Morgan fingerprint density at radius 2 is 1.17 bits per heavy atom. The lowest BCUT2D eigenvalue weighted by Crippen LogP contribution is -3.13. The van der Waals surface area contributed by atoms with Gasteiger partial charge in [-0.1, -0.05) is 31.2 Å². The van der Waals surface area contributed by atoms with Crippen molar-refractivity contribution in [1.29, 1.82) is 0 Å². The molecule has 2 aromatic carbocycles. The Kier molecular flexibility index (Phi) is 7.11. The number of hydrogen-bond donors (Lipinski definition) is 1. The molecule has 0 aliphatic carbocycles. The average molecular weight is 405 g/mol. The minimum atomic E-state index is 0.184. The molecule has 1 heterocycles. The molecule has 4 heteroatoms. The molecule has 1 aliphatic heterocycles. The van der Waals surface area contributed by atoms with E-state index in [1.807, 2.05) is 28.2 Å². The number of carbonyl (C=O) groups is 1. The number of Topliss-reactive ketones (excluding diaryl/α,β-unsaturated/α-hetero) is 1. The van der Waals surface area contributed by atoms with Crippen LogP contribution in [0.15, 0.2) is 59.7 Å². The quantitative estimate of drug-likeness (QED) is 0.750. The van der Waals surface area contributed by atoms with E-state index in [1.165, 1.54) is 4.90 Å². The van der Waals surface area contributed by atoms with Gasteiger partial charge in [0, 0.05) is 39.6 Å². The van der Waals surface area contributed by atoms with Crippen molar-refractivity contribution in [3.8, 4) is 0 Å². The lowest BCUT2D eigenvalue weighted by atomic mass is 9.94. The van der Waals surface area contributed by atoms with Gasteiger partial charge < -0.3 is 14.7 Å². The van der Waals surface area contributed by atoms with Gasteiger partial charge in [0.15, 0.2) is 5.78 Å². The molecular formula is C26H34N3O+. The number of nitrogens with zero attached hydrogens (tertiary/aromatic N) is 2. The lowest BCUT2D eigenvalue weighted by Gasteiger charge is -2.26. The number of hydrogen-bond acceptors (Lipinski definition) is 3. The summed E-state index contributed by atoms with van der Waals surface area (Å²) in [5, 5.41) is 0. The van der Waals surface area contributed by atoms with E-state index in [0.29, 0.717) is 0 Å². The van der Waals surface area contributed by atoms with Gasteiger partial charge in [-0.3, -0.25) is 4.79 Å². The van der Waals surface area contributed by atoms with Crippen molar-refractivity contribution in [1.82, 2.24) is 0 Å². The zero-order valence-electron chi connectivity index (χ0n) is 18.9. The maximum atomic E-state index is 13.3. The van der Waals surface area contributed by atoms with Gasteiger partial charge in [-0.2, -0.15) is 0 Å². The highest BCUT2D eigenvalue weighted by molar-refractivity contribution is 6.14. The number of quaternary nitrogens is 1. The van der Waals surface area contributed by atoms with E-state index in [-0.39, 0.29) is 5.78 Å². The molecule has 0 unspecified atom stereocenters. The molecule has 1 N–H and O–H groups in total. The van der Waals surface area contributed by atoms with Gasteiger partial charge in [-0.25, -0.2) is 0 Å². The van der Waals surface area contributed by atoms with Crippen LogP contribution >= 0.6 is 0 Å². The van der Waals surface area contributed by atoms with Gasteiger partial charge in [-0.15, -0.1) is 0 Å². The van der Waals surface area contributed by atoms with Gasteiger partial charge in [0.2, 0.25) is 0 Å². The molecular weight excluding hydrogens is 370 g/mol. The number of ketones is 1. The summed E-state index contributed by atoms with van der Waals surface area (Å²) in [6, 6.07) is 16.7. The fourth-order valence-electron chi connectivity index (χ4n) is 3.87. The standard InChI is InChI=1S/C26H33N3O/c1-6-15-29-18-22(16-20-7-11-24(12-8-20)27(2)3)26(30)23(19-29)17-21-9-13-25(14-10-21)28(4)5/h7-14,16-17H,6,15,18-19H2,1-5H3/p+1/b22-16+,23-17+. The van der Waals surface area contributed by atoms with Crippen LogP contribution in [0.1, 0.15) is 24.5 Å². The third-order valence-corrected chi connectivity index (χ3v) is 5.57. The third kappa shape index (κ3) is 5.39. The zero-order valence-corrected chi connectivity index (χ0v) is 18.9. The molecule has 3 rings (SSSR count). The second kappa shape index (κ2) is 9.77. The van der Waals surface area contributed by atoms with Gasteiger partial charge in [-0.05, 0) is 54.0 Å². The van der Waals surface area contributed by atoms with Crippen LogP contribution in [0.2, 0.25) is 0 Å². The molecule has 0 bridgehead atoms. The summed E-state index contributed by atoms with van der Waals surface area (Å²) < 4.78 is 0. The number of anilines is 2. The summed E-state index contributed by atoms with van der Waals surface area (Å²) >= 11 is 0. The first-order chi connectivity index (χ1) is 14.4. The lowest BCUT2D eigenvalue weighted by molar-refractivity contribution is -0.891. The van der Waals surface area contributed by atoms with Crippen LogP contribution in [0, 0.1) is 0 Å². The smallest absolute Gasteiger partial charge is 0.196 e. The Bertz CT molecular complexity index is 848. The fourth-order valence-corrected chi connectivity index (χ4v) is 3.87. The zero-order chi connectivity index (χ0) is 21.7. The van der Waals surface area contributed by atoms with Crippen molar-refractivity contribution in [2.75, 3.05) is 57.6 Å². The van der Waals surface area contributed by atoms with Crippen LogP contribution in [0.25, 0.3) is 12.2 Å². The van der Waals surface area contributed by atoms with Gasteiger partial charge in [0.1, 0.15) is 13.1 Å². The topological polar surface area (TPSA) is 28.0 Å². The van der Waals surface area contributed by atoms with E-state index >= 15 is 0 Å². The van der Waals surface area contributed by atoms with Gasteiger partial charge in [0.25, 0.3) is 0 Å². The van der Waals surface area contributed by atoms with Crippen LogP contribution in [0.5, 0.6) is 0 Å². The van der Waals surface area contributed by atoms with Crippen LogP contribution in [0.3, 0.4) is 0 Å². The van der Waals surface area contributed by atoms with E-state index < -0.39 is 0 Å². The Morgan fingerprint density at radius 3 is 1.50 bits per heavy atom. The molecule has 1 aliphatic rings. The fraction of sp³-hybridized carbons (Fsp3) is 0.346. The molecule has 0 atom stereocenters. The average Bonchev–Trinajstić information content (AvgIpc) is 2.72. The van der Waals surface area contributed by atoms with Crippen LogP contribution in [-0.4, -0.2) is 53.6 Å². The summed E-state index contributed by atoms with van der Waals surface area (Å²) in [7, 11) is 8.14. The third-order valence-electron chi connectivity index (χ3n) is 5.57. The minimum absolute atomic E-state index is 0.184. The second-order valence-corrected chi connectivity index (χ2v) is 8.49. The Hall–Kier alpha value is -2.85. The number of nitrogens with one attached hydrogen (secondary N) is 1. The molecule has 0 spiro atoms. The molecule has 1 fully saturated rings. The summed E-state index contributed by atoms with van der Waals surface area (Å²) in [6.07, 6.45) is 5.25. The van der Waals surface area contributed by atoms with Crippen LogP contribution in [0.4, 0.5) is 11.4 Å². The molecule has 4 nitrogen and oxygen atoms in total. The minimum Gasteiger partial charge on any atom is -0.378 e. The van der Waals surface area contributed by atoms with Crippen molar-refractivity contribution in [3.63, 3.8) is 0 Å². The SMILES string of the molecule is CCC[NH+]1C/C(=C\c2ccc(N(C)C)cc2)C(=O)/C(=C/c2ccc(N(C)C)cc2)C1. The summed E-state index contributed by atoms with van der Waals surface area (Å²) in [6.45, 7) is 4.86. The van der Waals surface area contributed by atoms with E-state index in [1.54, 1.807) is 0 Å². The predicted molar refractivity (Wildman–Crippen MR) is 128 cm³/mol. The Labute approximate surface area is 181 Å². The van der Waals surface area contributed by atoms with Crippen molar-refractivity contribution < 1.29 is 9.69 Å². The van der Waals surface area contributed by atoms with Crippen molar-refractivity contribution >= 4 is 29.3 Å². The number of piperidine rings is 1. The first-order valence-corrected chi connectivity index (χ1v) is 10.7. The molecule has 0 saturated carbocycles. The highest BCUT2D eigenvalue weighted by atomic mass is 16.1. The Morgan fingerprint density at radius 1 is 0.767 bits per heavy atom. The van der Waals surface area contributed by atoms with Gasteiger partial charge >= 0.3 is 0 Å². The molecule has 0 aromatic heterocycles. The van der Waals surface area contributed by atoms with Crippen molar-refractivity contribution in [3.05, 3.63) is 70.8 Å². The van der Waals surface area contributed by atoms with Crippen LogP contribution in [-0.2, 0) is 4.79 Å². The highest BCUT2D eigenvalue weighted by Crippen LogP contribution is 2.19. The van der Waals surface area contributed by atoms with Crippen molar-refractivity contribution in [2.24, 2.45) is 0 Å². The van der Waals surface area contributed by atoms with Gasteiger partial charge in [0.05, 0.1) is 17.7 Å². The molecule has 30 heavy (non-hydrogen) atoms. The van der Waals surface area contributed by atoms with E-state index in [0.717, 1.165) is 59.7 Å². The van der Waals surface area contributed by atoms with E-state index in [2.05, 4.69) is 77.4 Å². The Balaban J connectivity index is 1.89. The largest absolute Gasteiger partial charge is 0.378 e. The maximum absolute atomic E-state index is 13.3. The number of benzene rings is 2. The summed E-state index contributed by atoms with van der Waals surface area (Å²) in [4.78, 5) is 18.9. The summed E-state index contributed by atoms with van der Waals surface area (Å²) in [5.74, 6) is 0.184. The van der Waals surface area contributed by atoms with Crippen molar-refractivity contribution in [2.45, 2.75) is 13.3 Å². The molecule has 0 amide bonds. The predicted octanol–water partition coefficient (Wildman–Crippen LogP) is 3.16. The first kappa shape index (κ1) is 21.8. The molecule has 0 radical (unpaired) electrons. The monoisotopic (exact) mass is 404 g/mol. The second-order valence-electron chi connectivity index (χ2n) is 8.49. The number of likely N-dealkylation sites (tertiary alicyclic amines) is 1. The molecule has 158 valence electrons. The van der Waals surface area contributed by atoms with E-state index in [9.17, 15) is 4.79 Å². The first-order valence-electron chi connectivity index (χ1n) is 10.7. The van der Waals surface area contributed by atoms with Crippen LogP contribution < -0.4 is 14.7 Å². The number of rotatable bonds is 6. The number of carbonyl (C=O) groups excluding carboxylic acids is 1.